The molecule has 2 aromatic heterocycles. The number of hydrogen-bond donors (Lipinski definition) is 0. The second kappa shape index (κ2) is 9.18. The molecule has 1 aliphatic carbocycles. The van der Waals surface area contributed by atoms with Gasteiger partial charge in [-0.15, -0.1) is 17.9 Å². The van der Waals surface area contributed by atoms with Crippen molar-refractivity contribution in [3.63, 3.8) is 0 Å². The van der Waals surface area contributed by atoms with Gasteiger partial charge in [0.25, 0.3) is 5.56 Å². The van der Waals surface area contributed by atoms with Gasteiger partial charge in [-0.2, -0.15) is 0 Å². The number of allylic oxidation sites excluding steroid dienone is 1. The number of thioether (sulfide) groups is 1. The van der Waals surface area contributed by atoms with Crippen molar-refractivity contribution in [3.8, 4) is 5.75 Å². The summed E-state index contributed by atoms with van der Waals surface area (Å²) >= 11 is 2.94. The molecule has 0 aliphatic heterocycles. The number of Topliss-reactive ketones (excluding diaryl/α,β-unsaturated/α-hetero) is 1. The Morgan fingerprint density at radius 3 is 2.80 bits per heavy atom. The van der Waals surface area contributed by atoms with E-state index in [2.05, 4.69) is 6.58 Å². The fourth-order valence-electron chi connectivity index (χ4n) is 3.74. The molecule has 2 heterocycles. The van der Waals surface area contributed by atoms with Crippen molar-refractivity contribution in [2.24, 2.45) is 0 Å². The van der Waals surface area contributed by atoms with Gasteiger partial charge < -0.3 is 4.74 Å². The number of hydrogen-bond acceptors (Lipinski definition) is 6. The average Bonchev–Trinajstić information content (AvgIpc) is 3.13. The minimum atomic E-state index is -0.0182. The van der Waals surface area contributed by atoms with Gasteiger partial charge in [-0.25, -0.2) is 4.98 Å². The first-order valence-corrected chi connectivity index (χ1v) is 12.0. The summed E-state index contributed by atoms with van der Waals surface area (Å²) in [5.74, 6) is 0.956. The van der Waals surface area contributed by atoms with Crippen molar-refractivity contribution in [1.29, 1.82) is 0 Å². The molecule has 5 nitrogen and oxygen atoms in total. The van der Waals surface area contributed by atoms with Crippen molar-refractivity contribution in [1.82, 2.24) is 9.55 Å². The maximum Gasteiger partial charge on any atom is 0.263 e. The van der Waals surface area contributed by atoms with Crippen LogP contribution in [0.5, 0.6) is 5.75 Å². The number of benzene rings is 1. The Morgan fingerprint density at radius 1 is 1.30 bits per heavy atom. The van der Waals surface area contributed by atoms with Crippen LogP contribution in [0.25, 0.3) is 10.2 Å². The van der Waals surface area contributed by atoms with Gasteiger partial charge in [0, 0.05) is 17.0 Å². The minimum Gasteiger partial charge on any atom is -0.494 e. The van der Waals surface area contributed by atoms with Gasteiger partial charge in [0.2, 0.25) is 0 Å². The van der Waals surface area contributed by atoms with Gasteiger partial charge in [0.05, 0.1) is 17.7 Å². The van der Waals surface area contributed by atoms with E-state index < -0.39 is 0 Å². The fraction of sp³-hybridized carbons (Fsp3) is 0.348. The van der Waals surface area contributed by atoms with Crippen LogP contribution in [0.15, 0.2) is 46.9 Å². The first kappa shape index (κ1) is 20.9. The molecule has 0 fully saturated rings. The van der Waals surface area contributed by atoms with E-state index in [0.29, 0.717) is 23.9 Å². The molecule has 0 saturated heterocycles. The van der Waals surface area contributed by atoms with Crippen LogP contribution < -0.4 is 10.3 Å². The normalized spacial score (nSPS) is 13.2. The molecule has 1 aromatic carbocycles. The molecule has 0 spiro atoms. The number of fused-ring (bicyclic) bond motifs is 3. The maximum atomic E-state index is 13.3. The smallest absolute Gasteiger partial charge is 0.263 e. The standard InChI is InChI=1S/C23H24N2O3S2/c1-3-13-25-22(27)20-17-7-5-6-8-19(17)30-21(20)24-23(25)29-14-18(26)15-9-11-16(12-10-15)28-4-2/h3,9-12H,1,4-8,13-14H2,2H3. The van der Waals surface area contributed by atoms with Crippen LogP contribution in [0.4, 0.5) is 0 Å². The van der Waals surface area contributed by atoms with E-state index in [1.54, 1.807) is 46.2 Å². The highest BCUT2D eigenvalue weighted by Crippen LogP contribution is 2.34. The molecule has 1 aliphatic rings. The molecular formula is C23H24N2O3S2. The second-order valence-corrected chi connectivity index (χ2v) is 9.19. The van der Waals surface area contributed by atoms with Crippen molar-refractivity contribution >= 4 is 39.1 Å². The number of ketones is 1. The lowest BCUT2D eigenvalue weighted by Crippen LogP contribution is -2.23. The number of thiophene rings is 1. The van der Waals surface area contributed by atoms with E-state index in [4.69, 9.17) is 9.72 Å². The monoisotopic (exact) mass is 440 g/mol. The zero-order valence-electron chi connectivity index (χ0n) is 17.0. The van der Waals surface area contributed by atoms with Gasteiger partial charge in [-0.05, 0) is 62.4 Å². The van der Waals surface area contributed by atoms with Crippen molar-refractivity contribution in [3.05, 3.63) is 63.3 Å². The van der Waals surface area contributed by atoms with E-state index in [9.17, 15) is 9.59 Å². The summed E-state index contributed by atoms with van der Waals surface area (Å²) in [5, 5.41) is 1.34. The largest absolute Gasteiger partial charge is 0.494 e. The summed E-state index contributed by atoms with van der Waals surface area (Å²) in [5.41, 5.74) is 1.78. The lowest BCUT2D eigenvalue weighted by Gasteiger charge is -2.12. The van der Waals surface area contributed by atoms with E-state index in [0.717, 1.165) is 35.2 Å². The molecule has 0 saturated carbocycles. The van der Waals surface area contributed by atoms with Gasteiger partial charge in [0.15, 0.2) is 10.9 Å². The van der Waals surface area contributed by atoms with Crippen molar-refractivity contribution < 1.29 is 9.53 Å². The molecule has 4 rings (SSSR count). The Bertz CT molecular complexity index is 1150. The van der Waals surface area contributed by atoms with Gasteiger partial charge in [-0.3, -0.25) is 14.2 Å². The van der Waals surface area contributed by atoms with Crippen LogP contribution >= 0.6 is 23.1 Å². The van der Waals surface area contributed by atoms with Crippen LogP contribution in [0.1, 0.15) is 40.6 Å². The second-order valence-electron chi connectivity index (χ2n) is 7.16. The molecule has 0 N–H and O–H groups in total. The van der Waals surface area contributed by atoms with Gasteiger partial charge >= 0.3 is 0 Å². The molecule has 3 aromatic rings. The highest BCUT2D eigenvalue weighted by Gasteiger charge is 2.22. The minimum absolute atomic E-state index is 0.00646. The predicted octanol–water partition coefficient (Wildman–Crippen LogP) is 4.90. The number of nitrogens with zero attached hydrogens (tertiary/aromatic N) is 2. The van der Waals surface area contributed by atoms with E-state index in [1.165, 1.54) is 28.6 Å². The third kappa shape index (κ3) is 4.09. The number of rotatable bonds is 8. The molecular weight excluding hydrogens is 416 g/mol. The summed E-state index contributed by atoms with van der Waals surface area (Å²) in [6.07, 6.45) is 5.96. The topological polar surface area (TPSA) is 61.2 Å². The van der Waals surface area contributed by atoms with Gasteiger partial charge in [0.1, 0.15) is 10.6 Å². The first-order valence-electron chi connectivity index (χ1n) is 10.2. The lowest BCUT2D eigenvalue weighted by molar-refractivity contribution is 0.102. The average molecular weight is 441 g/mol. The number of aromatic nitrogens is 2. The third-order valence-corrected chi connectivity index (χ3v) is 7.33. The van der Waals surface area contributed by atoms with Crippen LogP contribution in [-0.2, 0) is 19.4 Å². The molecule has 30 heavy (non-hydrogen) atoms. The van der Waals surface area contributed by atoms with Crippen LogP contribution in [-0.4, -0.2) is 27.7 Å². The Hall–Kier alpha value is -2.38. The predicted molar refractivity (Wildman–Crippen MR) is 123 cm³/mol. The SMILES string of the molecule is C=CCn1c(SCC(=O)c2ccc(OCC)cc2)nc2sc3c(c2c1=O)CCCC3. The summed E-state index contributed by atoms with van der Waals surface area (Å²) in [6.45, 7) is 6.68. The van der Waals surface area contributed by atoms with Crippen molar-refractivity contribution in [2.75, 3.05) is 12.4 Å². The van der Waals surface area contributed by atoms with Crippen molar-refractivity contribution in [2.45, 2.75) is 44.3 Å². The molecule has 0 atom stereocenters. The summed E-state index contributed by atoms with van der Waals surface area (Å²) in [7, 11) is 0. The quantitative estimate of drug-likeness (QED) is 0.216. The molecule has 156 valence electrons. The Labute approximate surface area is 183 Å². The zero-order chi connectivity index (χ0) is 21.1. The molecule has 0 bridgehead atoms. The maximum absolute atomic E-state index is 13.3. The highest BCUT2D eigenvalue weighted by atomic mass is 32.2. The van der Waals surface area contributed by atoms with E-state index >= 15 is 0 Å². The number of aryl methyl sites for hydroxylation is 2. The van der Waals surface area contributed by atoms with Crippen LogP contribution in [0.2, 0.25) is 0 Å². The highest BCUT2D eigenvalue weighted by molar-refractivity contribution is 7.99. The van der Waals surface area contributed by atoms with E-state index in [-0.39, 0.29) is 17.1 Å². The third-order valence-electron chi connectivity index (χ3n) is 5.17. The Balaban J connectivity index is 1.61. The summed E-state index contributed by atoms with van der Waals surface area (Å²) in [4.78, 5) is 32.8. The number of carbonyl (C=O) groups excluding carboxylic acids is 1. The molecule has 0 amide bonds. The Morgan fingerprint density at radius 2 is 2.07 bits per heavy atom. The zero-order valence-corrected chi connectivity index (χ0v) is 18.6. The number of carbonyl (C=O) groups is 1. The molecule has 7 heteroatoms. The fourth-order valence-corrected chi connectivity index (χ4v) is 5.94. The van der Waals surface area contributed by atoms with Gasteiger partial charge in [-0.1, -0.05) is 17.8 Å². The Kier molecular flexibility index (Phi) is 6.39. The summed E-state index contributed by atoms with van der Waals surface area (Å²) in [6, 6.07) is 7.15. The van der Waals surface area contributed by atoms with E-state index in [1.807, 2.05) is 6.92 Å². The van der Waals surface area contributed by atoms with Crippen LogP contribution in [0, 0.1) is 0 Å². The van der Waals surface area contributed by atoms with Crippen LogP contribution in [0.3, 0.4) is 0 Å². The summed E-state index contributed by atoms with van der Waals surface area (Å²) < 4.78 is 7.07. The molecule has 0 unspecified atom stereocenters. The lowest BCUT2D eigenvalue weighted by atomic mass is 9.97. The molecule has 0 radical (unpaired) electrons. The number of ether oxygens (including phenoxy) is 1. The first-order chi connectivity index (χ1) is 14.6.